The Morgan fingerprint density at radius 1 is 0.800 bits per heavy atom. The van der Waals surface area contributed by atoms with Crippen LogP contribution in [0.25, 0.3) is 0 Å². The number of amides is 3. The van der Waals surface area contributed by atoms with Gasteiger partial charge in [-0.05, 0) is 48.5 Å². The van der Waals surface area contributed by atoms with Crippen molar-refractivity contribution in [3.63, 3.8) is 0 Å². The molecule has 0 unspecified atom stereocenters. The Labute approximate surface area is 172 Å². The molecule has 1 aliphatic rings. The van der Waals surface area contributed by atoms with Gasteiger partial charge in [0, 0.05) is 17.3 Å². The lowest BCUT2D eigenvalue weighted by molar-refractivity contribution is 0.0925. The van der Waals surface area contributed by atoms with Gasteiger partial charge in [-0.2, -0.15) is 0 Å². The van der Waals surface area contributed by atoms with Crippen molar-refractivity contribution in [2.24, 2.45) is 0 Å². The zero-order valence-electron chi connectivity index (χ0n) is 16.3. The Balaban J connectivity index is 1.52. The standard InChI is InChI=1S/C23H18N2O5/c1-29-19-12-9-15(13-20(19)30-2)24-21(26)14-7-10-16(11-8-14)25-22(27)17-5-3-4-6-18(17)23(25)28/h3-13H,1-2H3,(H,24,26). The van der Waals surface area contributed by atoms with Gasteiger partial charge in [0.2, 0.25) is 0 Å². The van der Waals surface area contributed by atoms with E-state index >= 15 is 0 Å². The highest BCUT2D eigenvalue weighted by atomic mass is 16.5. The van der Waals surface area contributed by atoms with Gasteiger partial charge >= 0.3 is 0 Å². The van der Waals surface area contributed by atoms with E-state index < -0.39 is 0 Å². The Morgan fingerprint density at radius 3 is 1.97 bits per heavy atom. The van der Waals surface area contributed by atoms with Crippen LogP contribution in [0.2, 0.25) is 0 Å². The van der Waals surface area contributed by atoms with Crippen molar-refractivity contribution in [3.05, 3.63) is 83.4 Å². The molecule has 0 saturated heterocycles. The minimum atomic E-state index is -0.377. The number of nitrogens with one attached hydrogen (secondary N) is 1. The third-order valence-corrected chi connectivity index (χ3v) is 4.82. The molecule has 0 aromatic heterocycles. The molecule has 0 aliphatic carbocycles. The quantitative estimate of drug-likeness (QED) is 0.657. The van der Waals surface area contributed by atoms with E-state index in [1.807, 2.05) is 0 Å². The van der Waals surface area contributed by atoms with E-state index in [1.165, 1.54) is 14.2 Å². The topological polar surface area (TPSA) is 84.9 Å². The molecular formula is C23H18N2O5. The van der Waals surface area contributed by atoms with Crippen LogP contribution in [0.3, 0.4) is 0 Å². The van der Waals surface area contributed by atoms with Crippen LogP contribution >= 0.6 is 0 Å². The van der Waals surface area contributed by atoms with Gasteiger partial charge in [-0.25, -0.2) is 4.90 Å². The largest absolute Gasteiger partial charge is 0.493 e. The summed E-state index contributed by atoms with van der Waals surface area (Å²) in [5.74, 6) is -0.0375. The number of carbonyl (C=O) groups is 3. The van der Waals surface area contributed by atoms with E-state index in [-0.39, 0.29) is 17.7 Å². The van der Waals surface area contributed by atoms with E-state index in [2.05, 4.69) is 5.32 Å². The summed E-state index contributed by atoms with van der Waals surface area (Å²) in [5.41, 5.74) is 2.08. The van der Waals surface area contributed by atoms with Crippen LogP contribution in [0.15, 0.2) is 66.7 Å². The van der Waals surface area contributed by atoms with Crippen molar-refractivity contribution in [3.8, 4) is 11.5 Å². The second-order valence-electron chi connectivity index (χ2n) is 6.56. The third-order valence-electron chi connectivity index (χ3n) is 4.82. The molecule has 150 valence electrons. The summed E-state index contributed by atoms with van der Waals surface area (Å²) in [6.07, 6.45) is 0. The molecule has 1 N–H and O–H groups in total. The summed E-state index contributed by atoms with van der Waals surface area (Å²) in [6, 6.07) is 18.0. The van der Waals surface area contributed by atoms with E-state index in [4.69, 9.17) is 9.47 Å². The molecule has 1 aliphatic heterocycles. The van der Waals surface area contributed by atoms with E-state index in [0.717, 1.165) is 4.90 Å². The van der Waals surface area contributed by atoms with Gasteiger partial charge < -0.3 is 14.8 Å². The molecule has 1 heterocycles. The Kier molecular flexibility index (Phi) is 4.93. The number of imide groups is 1. The number of benzene rings is 3. The first-order valence-electron chi connectivity index (χ1n) is 9.14. The number of fused-ring (bicyclic) bond motifs is 1. The van der Waals surface area contributed by atoms with Crippen LogP contribution in [0, 0.1) is 0 Å². The summed E-state index contributed by atoms with van der Waals surface area (Å²) < 4.78 is 10.4. The fourth-order valence-electron chi connectivity index (χ4n) is 3.30. The Morgan fingerprint density at radius 2 is 1.40 bits per heavy atom. The van der Waals surface area contributed by atoms with Crippen LogP contribution in [-0.4, -0.2) is 31.9 Å². The van der Waals surface area contributed by atoms with E-state index in [0.29, 0.717) is 39.6 Å². The average Bonchev–Trinajstić information content (AvgIpc) is 3.04. The van der Waals surface area contributed by atoms with Crippen LogP contribution in [-0.2, 0) is 0 Å². The highest BCUT2D eigenvalue weighted by Crippen LogP contribution is 2.31. The van der Waals surface area contributed by atoms with Gasteiger partial charge in [-0.15, -0.1) is 0 Å². The second-order valence-corrected chi connectivity index (χ2v) is 6.56. The molecule has 0 saturated carbocycles. The lowest BCUT2D eigenvalue weighted by Gasteiger charge is -2.14. The van der Waals surface area contributed by atoms with Crippen molar-refractivity contribution >= 4 is 29.1 Å². The molecule has 7 heteroatoms. The molecule has 30 heavy (non-hydrogen) atoms. The zero-order chi connectivity index (χ0) is 21.3. The maximum absolute atomic E-state index is 12.6. The minimum Gasteiger partial charge on any atom is -0.493 e. The third kappa shape index (κ3) is 3.26. The lowest BCUT2D eigenvalue weighted by Crippen LogP contribution is -2.29. The van der Waals surface area contributed by atoms with Crippen molar-refractivity contribution in [2.45, 2.75) is 0 Å². The van der Waals surface area contributed by atoms with Crippen LogP contribution < -0.4 is 19.7 Å². The smallest absolute Gasteiger partial charge is 0.266 e. The molecule has 0 radical (unpaired) electrons. The van der Waals surface area contributed by atoms with Gasteiger partial charge in [0.15, 0.2) is 11.5 Å². The highest BCUT2D eigenvalue weighted by molar-refractivity contribution is 6.34. The maximum Gasteiger partial charge on any atom is 0.266 e. The van der Waals surface area contributed by atoms with Gasteiger partial charge in [-0.3, -0.25) is 14.4 Å². The molecule has 3 amide bonds. The summed E-state index contributed by atoms with van der Waals surface area (Å²) in [4.78, 5) is 38.9. The summed E-state index contributed by atoms with van der Waals surface area (Å²) in [5, 5.41) is 2.78. The van der Waals surface area contributed by atoms with E-state index in [1.54, 1.807) is 66.7 Å². The summed E-state index contributed by atoms with van der Waals surface area (Å²) in [7, 11) is 3.05. The zero-order valence-corrected chi connectivity index (χ0v) is 16.3. The predicted octanol–water partition coefficient (Wildman–Crippen LogP) is 3.76. The number of hydrogen-bond donors (Lipinski definition) is 1. The number of anilines is 2. The molecule has 4 rings (SSSR count). The first-order chi connectivity index (χ1) is 14.5. The molecule has 0 spiro atoms. The molecule has 0 bridgehead atoms. The second kappa shape index (κ2) is 7.71. The Hall–Kier alpha value is -4.13. The highest BCUT2D eigenvalue weighted by Gasteiger charge is 2.36. The number of hydrogen-bond acceptors (Lipinski definition) is 5. The van der Waals surface area contributed by atoms with Crippen molar-refractivity contribution < 1.29 is 23.9 Å². The summed E-state index contributed by atoms with van der Waals surface area (Å²) >= 11 is 0. The van der Waals surface area contributed by atoms with Gasteiger partial charge in [0.1, 0.15) is 0 Å². The Bertz CT molecular complexity index is 1120. The normalized spacial score (nSPS) is 12.5. The first kappa shape index (κ1) is 19.2. The number of rotatable bonds is 5. The number of methoxy groups -OCH3 is 2. The van der Waals surface area contributed by atoms with Crippen LogP contribution in [0.1, 0.15) is 31.1 Å². The molecule has 3 aromatic rings. The molecule has 0 atom stereocenters. The average molecular weight is 402 g/mol. The molecule has 0 fully saturated rings. The van der Waals surface area contributed by atoms with Gasteiger partial charge in [-0.1, -0.05) is 12.1 Å². The fraction of sp³-hybridized carbons (Fsp3) is 0.0870. The SMILES string of the molecule is COc1ccc(NC(=O)c2ccc(N3C(=O)c4ccccc4C3=O)cc2)cc1OC. The van der Waals surface area contributed by atoms with Crippen LogP contribution in [0.5, 0.6) is 11.5 Å². The number of carbonyl (C=O) groups excluding carboxylic acids is 3. The monoisotopic (exact) mass is 402 g/mol. The number of ether oxygens (including phenoxy) is 2. The summed E-state index contributed by atoms with van der Waals surface area (Å²) in [6.45, 7) is 0. The lowest BCUT2D eigenvalue weighted by atomic mass is 10.1. The van der Waals surface area contributed by atoms with Gasteiger partial charge in [0.25, 0.3) is 17.7 Å². The molecule has 3 aromatic carbocycles. The van der Waals surface area contributed by atoms with Crippen LogP contribution in [0.4, 0.5) is 11.4 Å². The maximum atomic E-state index is 12.6. The van der Waals surface area contributed by atoms with Crippen molar-refractivity contribution in [1.82, 2.24) is 0 Å². The predicted molar refractivity (Wildman–Crippen MR) is 112 cm³/mol. The minimum absolute atomic E-state index is 0.337. The van der Waals surface area contributed by atoms with Crippen molar-refractivity contribution in [2.75, 3.05) is 24.4 Å². The molecule has 7 nitrogen and oxygen atoms in total. The first-order valence-corrected chi connectivity index (χ1v) is 9.14. The van der Waals surface area contributed by atoms with E-state index in [9.17, 15) is 14.4 Å². The fourth-order valence-corrected chi connectivity index (χ4v) is 3.30. The van der Waals surface area contributed by atoms with Gasteiger partial charge in [0.05, 0.1) is 31.0 Å². The van der Waals surface area contributed by atoms with Crippen molar-refractivity contribution in [1.29, 1.82) is 0 Å². The number of nitrogens with zero attached hydrogens (tertiary/aromatic N) is 1. The molecular weight excluding hydrogens is 384 g/mol.